The predicted molar refractivity (Wildman–Crippen MR) is 79.2 cm³/mol. The predicted octanol–water partition coefficient (Wildman–Crippen LogP) is 3.95. The summed E-state index contributed by atoms with van der Waals surface area (Å²) in [6.45, 7) is 6.49. The molecule has 0 aliphatic carbocycles. The average molecular weight is 273 g/mol. The van der Waals surface area contributed by atoms with E-state index in [0.29, 0.717) is 17.5 Å². The van der Waals surface area contributed by atoms with E-state index in [4.69, 9.17) is 14.6 Å². The van der Waals surface area contributed by atoms with Gasteiger partial charge in [0.05, 0.1) is 5.39 Å². The highest BCUT2D eigenvalue weighted by atomic mass is 16.4. The van der Waals surface area contributed by atoms with Gasteiger partial charge in [-0.25, -0.2) is 0 Å². The van der Waals surface area contributed by atoms with Crippen molar-refractivity contribution in [2.75, 3.05) is 6.54 Å². The van der Waals surface area contributed by atoms with Crippen LogP contribution in [0.15, 0.2) is 21.0 Å². The van der Waals surface area contributed by atoms with Gasteiger partial charge in [-0.05, 0) is 44.9 Å². The van der Waals surface area contributed by atoms with Crippen molar-refractivity contribution in [2.24, 2.45) is 5.73 Å². The average Bonchev–Trinajstić information content (AvgIpc) is 2.93. The van der Waals surface area contributed by atoms with Gasteiger partial charge in [0, 0.05) is 10.9 Å². The third kappa shape index (κ3) is 1.79. The Morgan fingerprint density at radius 3 is 2.35 bits per heavy atom. The van der Waals surface area contributed by atoms with E-state index in [-0.39, 0.29) is 11.7 Å². The van der Waals surface area contributed by atoms with Gasteiger partial charge in [0.25, 0.3) is 0 Å². The maximum absolute atomic E-state index is 10.4. The van der Waals surface area contributed by atoms with Crippen LogP contribution in [0.3, 0.4) is 0 Å². The maximum atomic E-state index is 10.4. The van der Waals surface area contributed by atoms with Gasteiger partial charge in [-0.2, -0.15) is 0 Å². The quantitative estimate of drug-likeness (QED) is 0.757. The Morgan fingerprint density at radius 2 is 1.70 bits per heavy atom. The van der Waals surface area contributed by atoms with Crippen LogP contribution >= 0.6 is 0 Å². The molecule has 1 aromatic carbocycles. The van der Waals surface area contributed by atoms with E-state index in [9.17, 15) is 5.11 Å². The summed E-state index contributed by atoms with van der Waals surface area (Å²) >= 11 is 0. The second-order valence-electron chi connectivity index (χ2n) is 5.44. The second kappa shape index (κ2) is 4.56. The summed E-state index contributed by atoms with van der Waals surface area (Å²) in [5.74, 6) is 1.96. The van der Waals surface area contributed by atoms with Crippen molar-refractivity contribution in [3.8, 4) is 5.75 Å². The highest BCUT2D eigenvalue weighted by Crippen LogP contribution is 2.43. The van der Waals surface area contributed by atoms with Crippen molar-refractivity contribution >= 4 is 21.9 Å². The molecule has 0 spiro atoms. The summed E-state index contributed by atoms with van der Waals surface area (Å²) in [7, 11) is 0. The number of aromatic hydroxyl groups is 1. The van der Waals surface area contributed by atoms with Gasteiger partial charge in [0.15, 0.2) is 11.3 Å². The summed E-state index contributed by atoms with van der Waals surface area (Å²) in [6.07, 6.45) is 0.860. The number of aryl methyl sites for hydroxylation is 2. The van der Waals surface area contributed by atoms with E-state index in [1.807, 2.05) is 26.0 Å². The molecule has 0 fully saturated rings. The molecule has 0 saturated carbocycles. The molecule has 0 aliphatic rings. The molecule has 3 N–H and O–H groups in total. The van der Waals surface area contributed by atoms with Crippen molar-refractivity contribution in [3.63, 3.8) is 0 Å². The molecule has 3 aromatic rings. The second-order valence-corrected chi connectivity index (χ2v) is 5.44. The molecule has 0 saturated heterocycles. The number of benzene rings is 1. The minimum absolute atomic E-state index is 0.156. The normalized spacial score (nSPS) is 13.4. The molecular weight excluding hydrogens is 254 g/mol. The van der Waals surface area contributed by atoms with Crippen molar-refractivity contribution in [3.05, 3.63) is 29.2 Å². The van der Waals surface area contributed by atoms with Crippen LogP contribution in [0, 0.1) is 13.8 Å². The SMILES string of the molecule is Cc1cc2c(C(C)CCN)c3oc(C)cc3c(O)c2o1. The number of phenols is 1. The van der Waals surface area contributed by atoms with Crippen LogP contribution < -0.4 is 5.73 Å². The first-order valence-electron chi connectivity index (χ1n) is 6.88. The van der Waals surface area contributed by atoms with Crippen molar-refractivity contribution in [1.82, 2.24) is 0 Å². The van der Waals surface area contributed by atoms with Crippen molar-refractivity contribution in [2.45, 2.75) is 33.1 Å². The van der Waals surface area contributed by atoms with E-state index in [0.717, 1.165) is 34.5 Å². The number of phenolic OH excluding ortho intramolecular Hbond substituents is 1. The Bertz CT molecular complexity index is 724. The summed E-state index contributed by atoms with van der Waals surface area (Å²) < 4.78 is 11.5. The molecule has 0 amide bonds. The number of fused-ring (bicyclic) bond motifs is 2. The number of hydrogen-bond donors (Lipinski definition) is 2. The fourth-order valence-corrected chi connectivity index (χ4v) is 2.91. The first-order chi connectivity index (χ1) is 9.52. The molecule has 20 heavy (non-hydrogen) atoms. The number of nitrogens with two attached hydrogens (primary N) is 1. The van der Waals surface area contributed by atoms with E-state index in [1.54, 1.807) is 0 Å². The van der Waals surface area contributed by atoms with Crippen LogP contribution in [0.5, 0.6) is 5.75 Å². The summed E-state index contributed by atoms with van der Waals surface area (Å²) in [5.41, 5.74) is 8.05. The van der Waals surface area contributed by atoms with Gasteiger partial charge in [-0.1, -0.05) is 6.92 Å². The first-order valence-corrected chi connectivity index (χ1v) is 6.88. The van der Waals surface area contributed by atoms with Gasteiger partial charge >= 0.3 is 0 Å². The van der Waals surface area contributed by atoms with Crippen molar-refractivity contribution < 1.29 is 13.9 Å². The smallest absolute Gasteiger partial charge is 0.177 e. The fraction of sp³-hybridized carbons (Fsp3) is 0.375. The molecule has 4 heteroatoms. The van der Waals surface area contributed by atoms with Gasteiger partial charge < -0.3 is 19.7 Å². The molecule has 2 aromatic heterocycles. The largest absolute Gasteiger partial charge is 0.504 e. The van der Waals surface area contributed by atoms with Crippen LogP contribution in [0.25, 0.3) is 21.9 Å². The molecular formula is C16H19NO3. The Balaban J connectivity index is 2.44. The molecule has 1 unspecified atom stereocenters. The lowest BCUT2D eigenvalue weighted by molar-refractivity contribution is 0.466. The Hall–Kier alpha value is -1.94. The van der Waals surface area contributed by atoms with Gasteiger partial charge in [-0.3, -0.25) is 0 Å². The van der Waals surface area contributed by atoms with Crippen LogP contribution in [-0.2, 0) is 0 Å². The topological polar surface area (TPSA) is 72.5 Å². The lowest BCUT2D eigenvalue weighted by Crippen LogP contribution is -2.05. The molecule has 0 radical (unpaired) electrons. The lowest BCUT2D eigenvalue weighted by atomic mass is 9.92. The van der Waals surface area contributed by atoms with E-state index in [2.05, 4.69) is 6.92 Å². The molecule has 2 heterocycles. The maximum Gasteiger partial charge on any atom is 0.177 e. The molecule has 0 bridgehead atoms. The standard InChI is InChI=1S/C16H19NO3/c1-8(4-5-17)13-11-6-9(2)20-16(11)14(18)12-7-10(3)19-15(12)13/h6-8,18H,4-5,17H2,1-3H3. The van der Waals surface area contributed by atoms with Gasteiger partial charge in [0.2, 0.25) is 0 Å². The van der Waals surface area contributed by atoms with Crippen LogP contribution in [0.1, 0.15) is 36.3 Å². The molecule has 3 rings (SSSR count). The molecule has 1 atom stereocenters. The Kier molecular flexibility index (Phi) is 2.98. The zero-order valence-corrected chi connectivity index (χ0v) is 12.0. The Morgan fingerprint density at radius 1 is 1.10 bits per heavy atom. The third-order valence-corrected chi connectivity index (χ3v) is 3.81. The molecule has 106 valence electrons. The monoisotopic (exact) mass is 273 g/mol. The van der Waals surface area contributed by atoms with Gasteiger partial charge in [-0.15, -0.1) is 0 Å². The zero-order chi connectivity index (χ0) is 14.4. The minimum Gasteiger partial charge on any atom is -0.504 e. The zero-order valence-electron chi connectivity index (χ0n) is 12.0. The van der Waals surface area contributed by atoms with Crippen LogP contribution in [-0.4, -0.2) is 11.7 Å². The van der Waals surface area contributed by atoms with Crippen LogP contribution in [0.4, 0.5) is 0 Å². The number of rotatable bonds is 3. The summed E-state index contributed by atoms with van der Waals surface area (Å²) in [4.78, 5) is 0. The van der Waals surface area contributed by atoms with Crippen LogP contribution in [0.2, 0.25) is 0 Å². The lowest BCUT2D eigenvalue weighted by Gasteiger charge is -2.13. The van der Waals surface area contributed by atoms with E-state index < -0.39 is 0 Å². The van der Waals surface area contributed by atoms with E-state index >= 15 is 0 Å². The van der Waals surface area contributed by atoms with Crippen molar-refractivity contribution in [1.29, 1.82) is 0 Å². The summed E-state index contributed by atoms with van der Waals surface area (Å²) in [6, 6.07) is 3.80. The fourth-order valence-electron chi connectivity index (χ4n) is 2.91. The third-order valence-electron chi connectivity index (χ3n) is 3.81. The number of hydrogen-bond acceptors (Lipinski definition) is 4. The van der Waals surface area contributed by atoms with Gasteiger partial charge in [0.1, 0.15) is 17.1 Å². The highest BCUT2D eigenvalue weighted by Gasteiger charge is 2.23. The minimum atomic E-state index is 0.156. The first kappa shape index (κ1) is 13.1. The molecule has 4 nitrogen and oxygen atoms in total. The Labute approximate surface area is 117 Å². The van der Waals surface area contributed by atoms with E-state index in [1.165, 1.54) is 0 Å². The number of furan rings is 2. The molecule has 0 aliphatic heterocycles. The summed E-state index contributed by atoms with van der Waals surface area (Å²) in [5, 5.41) is 12.0. The highest BCUT2D eigenvalue weighted by molar-refractivity contribution is 6.04.